The normalized spacial score (nSPS) is 10.8. The minimum absolute atomic E-state index is 0.775. The summed E-state index contributed by atoms with van der Waals surface area (Å²) in [5.41, 5.74) is 1.24. The van der Waals surface area contributed by atoms with E-state index in [9.17, 15) is 0 Å². The molecule has 0 aliphatic heterocycles. The van der Waals surface area contributed by atoms with Crippen molar-refractivity contribution in [3.05, 3.63) is 23.9 Å². The monoisotopic (exact) mass is 237 g/mol. The number of likely N-dealkylation sites (N-methyl/N-ethyl adjacent to an activating group) is 1. The van der Waals surface area contributed by atoms with Crippen molar-refractivity contribution in [3.63, 3.8) is 0 Å². The van der Waals surface area contributed by atoms with Gasteiger partial charge in [0.1, 0.15) is 5.82 Å². The third kappa shape index (κ3) is 5.15. The van der Waals surface area contributed by atoms with Gasteiger partial charge in [0, 0.05) is 32.9 Å². The summed E-state index contributed by atoms with van der Waals surface area (Å²) >= 11 is 0. The highest BCUT2D eigenvalue weighted by atomic mass is 16.5. The van der Waals surface area contributed by atoms with E-state index in [1.54, 1.807) is 7.11 Å². The van der Waals surface area contributed by atoms with Gasteiger partial charge in [0.25, 0.3) is 0 Å². The molecule has 0 saturated carbocycles. The van der Waals surface area contributed by atoms with Gasteiger partial charge in [-0.2, -0.15) is 0 Å². The molecule has 0 bridgehead atoms. The third-order valence-electron chi connectivity index (χ3n) is 2.65. The highest BCUT2D eigenvalue weighted by molar-refractivity contribution is 5.35. The summed E-state index contributed by atoms with van der Waals surface area (Å²) in [5.74, 6) is 0.941. The molecule has 0 unspecified atom stereocenters. The molecule has 4 nitrogen and oxygen atoms in total. The predicted molar refractivity (Wildman–Crippen MR) is 71.2 cm³/mol. The van der Waals surface area contributed by atoms with Gasteiger partial charge in [-0.05, 0) is 25.1 Å². The SMILES string of the molecule is CCNc1ccc(CN(CC)CCOC)cn1. The van der Waals surface area contributed by atoms with Crippen molar-refractivity contribution in [1.29, 1.82) is 0 Å². The van der Waals surface area contributed by atoms with Crippen molar-refractivity contribution in [2.24, 2.45) is 0 Å². The molecule has 17 heavy (non-hydrogen) atoms. The zero-order valence-electron chi connectivity index (χ0n) is 11.1. The van der Waals surface area contributed by atoms with Crippen molar-refractivity contribution in [2.45, 2.75) is 20.4 Å². The fraction of sp³-hybridized carbons (Fsp3) is 0.615. The van der Waals surface area contributed by atoms with Crippen LogP contribution in [0.4, 0.5) is 5.82 Å². The molecule has 1 aromatic heterocycles. The third-order valence-corrected chi connectivity index (χ3v) is 2.65. The first kappa shape index (κ1) is 13.9. The van der Waals surface area contributed by atoms with Gasteiger partial charge >= 0.3 is 0 Å². The number of hydrogen-bond donors (Lipinski definition) is 1. The Hall–Kier alpha value is -1.13. The van der Waals surface area contributed by atoms with Gasteiger partial charge in [-0.3, -0.25) is 4.90 Å². The number of methoxy groups -OCH3 is 1. The minimum atomic E-state index is 0.775. The molecule has 0 spiro atoms. The van der Waals surface area contributed by atoms with Gasteiger partial charge in [0.05, 0.1) is 6.61 Å². The van der Waals surface area contributed by atoms with Gasteiger partial charge in [0.2, 0.25) is 0 Å². The summed E-state index contributed by atoms with van der Waals surface area (Å²) in [5, 5.41) is 3.19. The van der Waals surface area contributed by atoms with Gasteiger partial charge in [-0.1, -0.05) is 13.0 Å². The minimum Gasteiger partial charge on any atom is -0.383 e. The molecule has 1 rings (SSSR count). The Morgan fingerprint density at radius 2 is 2.18 bits per heavy atom. The number of aromatic nitrogens is 1. The number of rotatable bonds is 8. The van der Waals surface area contributed by atoms with Gasteiger partial charge in [-0.15, -0.1) is 0 Å². The number of nitrogens with zero attached hydrogens (tertiary/aromatic N) is 2. The van der Waals surface area contributed by atoms with Crippen LogP contribution in [0.2, 0.25) is 0 Å². The molecule has 1 aromatic rings. The van der Waals surface area contributed by atoms with E-state index in [0.29, 0.717) is 0 Å². The van der Waals surface area contributed by atoms with E-state index in [1.807, 2.05) is 12.3 Å². The van der Waals surface area contributed by atoms with Crippen LogP contribution in [0.25, 0.3) is 0 Å². The molecule has 1 heterocycles. The van der Waals surface area contributed by atoms with Crippen molar-refractivity contribution in [2.75, 3.05) is 38.7 Å². The second-order valence-corrected chi connectivity index (χ2v) is 3.94. The summed E-state index contributed by atoms with van der Waals surface area (Å²) in [4.78, 5) is 6.71. The van der Waals surface area contributed by atoms with Gasteiger partial charge in [-0.25, -0.2) is 4.98 Å². The molecule has 96 valence electrons. The Balaban J connectivity index is 2.48. The number of hydrogen-bond acceptors (Lipinski definition) is 4. The van der Waals surface area contributed by atoms with Crippen LogP contribution in [0, 0.1) is 0 Å². The van der Waals surface area contributed by atoms with Crippen LogP contribution < -0.4 is 5.32 Å². The van der Waals surface area contributed by atoms with E-state index >= 15 is 0 Å². The van der Waals surface area contributed by atoms with E-state index < -0.39 is 0 Å². The largest absolute Gasteiger partial charge is 0.383 e. The van der Waals surface area contributed by atoms with Crippen LogP contribution in [0.5, 0.6) is 0 Å². The fourth-order valence-corrected chi connectivity index (χ4v) is 1.63. The molecule has 1 N–H and O–H groups in total. The molecule has 0 aliphatic carbocycles. The number of anilines is 1. The first-order chi connectivity index (χ1) is 8.30. The highest BCUT2D eigenvalue weighted by Crippen LogP contribution is 2.07. The van der Waals surface area contributed by atoms with Crippen LogP contribution in [0.3, 0.4) is 0 Å². The Kier molecular flexibility index (Phi) is 6.58. The lowest BCUT2D eigenvalue weighted by molar-refractivity contribution is 0.147. The maximum absolute atomic E-state index is 5.10. The summed E-state index contributed by atoms with van der Waals surface area (Å²) in [6.07, 6.45) is 1.94. The predicted octanol–water partition coefficient (Wildman–Crippen LogP) is 1.98. The average molecular weight is 237 g/mol. The molecule has 0 fully saturated rings. The van der Waals surface area contributed by atoms with Crippen LogP contribution in [0.1, 0.15) is 19.4 Å². The number of pyridine rings is 1. The van der Waals surface area contributed by atoms with E-state index in [0.717, 1.165) is 38.6 Å². The smallest absolute Gasteiger partial charge is 0.125 e. The lowest BCUT2D eigenvalue weighted by Crippen LogP contribution is -2.26. The molecule has 0 saturated heterocycles. The lowest BCUT2D eigenvalue weighted by atomic mass is 10.2. The number of ether oxygens (including phenoxy) is 1. The zero-order chi connectivity index (χ0) is 12.5. The molecular formula is C13H23N3O. The van der Waals surface area contributed by atoms with Crippen molar-refractivity contribution < 1.29 is 4.74 Å². The van der Waals surface area contributed by atoms with Crippen molar-refractivity contribution in [3.8, 4) is 0 Å². The van der Waals surface area contributed by atoms with Crippen LogP contribution in [-0.2, 0) is 11.3 Å². The van der Waals surface area contributed by atoms with Crippen LogP contribution in [-0.4, -0.2) is 43.2 Å². The second-order valence-electron chi connectivity index (χ2n) is 3.94. The molecular weight excluding hydrogens is 214 g/mol. The summed E-state index contributed by atoms with van der Waals surface area (Å²) in [6.45, 7) is 8.83. The average Bonchev–Trinajstić information content (AvgIpc) is 2.37. The first-order valence-corrected chi connectivity index (χ1v) is 6.20. The fourth-order valence-electron chi connectivity index (χ4n) is 1.63. The number of nitrogens with one attached hydrogen (secondary N) is 1. The Morgan fingerprint density at radius 3 is 2.71 bits per heavy atom. The Morgan fingerprint density at radius 1 is 1.35 bits per heavy atom. The topological polar surface area (TPSA) is 37.4 Å². The van der Waals surface area contributed by atoms with E-state index in [-0.39, 0.29) is 0 Å². The molecule has 4 heteroatoms. The van der Waals surface area contributed by atoms with E-state index in [1.165, 1.54) is 5.56 Å². The van der Waals surface area contributed by atoms with Crippen molar-refractivity contribution in [1.82, 2.24) is 9.88 Å². The molecule has 0 aliphatic rings. The molecule has 0 amide bonds. The first-order valence-electron chi connectivity index (χ1n) is 6.20. The summed E-state index contributed by atoms with van der Waals surface area (Å²) in [7, 11) is 1.74. The zero-order valence-corrected chi connectivity index (χ0v) is 11.1. The summed E-state index contributed by atoms with van der Waals surface area (Å²) in [6, 6.07) is 4.16. The maximum Gasteiger partial charge on any atom is 0.125 e. The molecule has 0 radical (unpaired) electrons. The molecule has 0 atom stereocenters. The standard InChI is InChI=1S/C13H23N3O/c1-4-14-13-7-6-12(10-15-13)11-16(5-2)8-9-17-3/h6-7,10H,4-5,8-9,11H2,1-3H3,(H,14,15). The Labute approximate surface area is 104 Å². The molecule has 0 aromatic carbocycles. The van der Waals surface area contributed by atoms with Crippen molar-refractivity contribution >= 4 is 5.82 Å². The highest BCUT2D eigenvalue weighted by Gasteiger charge is 2.03. The lowest BCUT2D eigenvalue weighted by Gasteiger charge is -2.19. The van der Waals surface area contributed by atoms with Crippen LogP contribution in [0.15, 0.2) is 18.3 Å². The van der Waals surface area contributed by atoms with Gasteiger partial charge in [0.15, 0.2) is 0 Å². The second kappa shape index (κ2) is 8.03. The van der Waals surface area contributed by atoms with E-state index in [2.05, 4.69) is 35.1 Å². The summed E-state index contributed by atoms with van der Waals surface area (Å²) < 4.78 is 5.10. The van der Waals surface area contributed by atoms with E-state index in [4.69, 9.17) is 4.74 Å². The quantitative estimate of drug-likeness (QED) is 0.750. The van der Waals surface area contributed by atoms with Crippen LogP contribution >= 0.6 is 0 Å². The van der Waals surface area contributed by atoms with Gasteiger partial charge < -0.3 is 10.1 Å². The maximum atomic E-state index is 5.10. The Bertz CT molecular complexity index is 300.